The first-order chi connectivity index (χ1) is 10.4. The topological polar surface area (TPSA) is 29.1 Å². The number of alkyl halides is 2. The number of hydrogen-bond acceptors (Lipinski definition) is 1. The molecule has 22 heavy (non-hydrogen) atoms. The average molecular weight is 355 g/mol. The first-order valence-corrected chi connectivity index (χ1v) is 8.02. The third kappa shape index (κ3) is 2.40. The molecule has 0 heterocycles. The summed E-state index contributed by atoms with van der Waals surface area (Å²) in [6.07, 6.45) is 0.387. The number of anilines is 1. The summed E-state index contributed by atoms with van der Waals surface area (Å²) in [7, 11) is 0. The highest BCUT2D eigenvalue weighted by Gasteiger charge is 2.72. The Labute approximate surface area is 144 Å². The van der Waals surface area contributed by atoms with E-state index in [1.807, 2.05) is 43.3 Å². The van der Waals surface area contributed by atoms with Crippen LogP contribution in [0.1, 0.15) is 17.5 Å². The molecule has 114 valence electrons. The smallest absolute Gasteiger partial charge is 0.238 e. The third-order valence-corrected chi connectivity index (χ3v) is 5.48. The number of carbonyl (C=O) groups excluding carboxylic acids is 1. The molecule has 3 rings (SSSR count). The van der Waals surface area contributed by atoms with E-state index in [0.717, 1.165) is 11.1 Å². The molecular weight excluding hydrogens is 341 g/mol. The molecular formula is C17H14Cl3NO. The molecule has 1 fully saturated rings. The maximum Gasteiger partial charge on any atom is 0.238 e. The van der Waals surface area contributed by atoms with Crippen LogP contribution < -0.4 is 5.32 Å². The minimum Gasteiger partial charge on any atom is -0.325 e. The average Bonchev–Trinajstić information content (AvgIpc) is 3.09. The van der Waals surface area contributed by atoms with Crippen molar-refractivity contribution in [1.29, 1.82) is 0 Å². The van der Waals surface area contributed by atoms with Crippen molar-refractivity contribution in [3.8, 4) is 0 Å². The Morgan fingerprint density at radius 1 is 1.09 bits per heavy atom. The Hall–Kier alpha value is -1.22. The molecule has 1 saturated carbocycles. The zero-order valence-corrected chi connectivity index (χ0v) is 14.1. The van der Waals surface area contributed by atoms with Gasteiger partial charge >= 0.3 is 0 Å². The molecule has 1 aliphatic carbocycles. The number of halogens is 3. The minimum absolute atomic E-state index is 0.214. The monoisotopic (exact) mass is 353 g/mol. The zero-order chi connectivity index (χ0) is 16.0. The summed E-state index contributed by atoms with van der Waals surface area (Å²) in [4.78, 5) is 12.9. The van der Waals surface area contributed by atoms with Crippen LogP contribution in [0, 0.1) is 6.92 Å². The number of nitrogens with one attached hydrogen (secondary N) is 1. The van der Waals surface area contributed by atoms with Crippen LogP contribution in [0.2, 0.25) is 5.02 Å². The van der Waals surface area contributed by atoms with Crippen molar-refractivity contribution in [3.63, 3.8) is 0 Å². The van der Waals surface area contributed by atoms with Crippen LogP contribution in [-0.2, 0) is 10.2 Å². The molecule has 1 atom stereocenters. The van der Waals surface area contributed by atoms with Crippen LogP contribution in [0.4, 0.5) is 5.69 Å². The van der Waals surface area contributed by atoms with Crippen molar-refractivity contribution in [2.24, 2.45) is 0 Å². The molecule has 2 nitrogen and oxygen atoms in total. The van der Waals surface area contributed by atoms with E-state index in [4.69, 9.17) is 34.8 Å². The molecule has 0 spiro atoms. The molecule has 0 aliphatic heterocycles. The summed E-state index contributed by atoms with van der Waals surface area (Å²) in [6, 6.07) is 14.8. The molecule has 5 heteroatoms. The predicted molar refractivity (Wildman–Crippen MR) is 92.0 cm³/mol. The van der Waals surface area contributed by atoms with Gasteiger partial charge in [0.1, 0.15) is 9.75 Å². The molecule has 1 amide bonds. The molecule has 2 aromatic rings. The molecule has 0 saturated heterocycles. The summed E-state index contributed by atoms with van der Waals surface area (Å²) in [5.74, 6) is -0.214. The molecule has 2 aromatic carbocycles. The molecule has 1 N–H and O–H groups in total. The molecule has 0 unspecified atom stereocenters. The van der Waals surface area contributed by atoms with Crippen LogP contribution in [0.25, 0.3) is 0 Å². The number of carbonyl (C=O) groups is 1. The second-order valence-corrected chi connectivity index (χ2v) is 7.41. The number of benzene rings is 2. The van der Waals surface area contributed by atoms with Crippen molar-refractivity contribution in [2.75, 3.05) is 5.32 Å². The van der Waals surface area contributed by atoms with E-state index < -0.39 is 9.75 Å². The van der Waals surface area contributed by atoms with Crippen molar-refractivity contribution in [1.82, 2.24) is 0 Å². The fourth-order valence-corrected chi connectivity index (χ4v) is 3.64. The van der Waals surface area contributed by atoms with Gasteiger partial charge in [0, 0.05) is 17.1 Å². The van der Waals surface area contributed by atoms with Gasteiger partial charge in [-0.25, -0.2) is 0 Å². The second kappa shape index (κ2) is 5.45. The highest BCUT2D eigenvalue weighted by molar-refractivity contribution is 6.54. The Morgan fingerprint density at radius 2 is 1.73 bits per heavy atom. The fourth-order valence-electron chi connectivity index (χ4n) is 2.67. The lowest BCUT2D eigenvalue weighted by Gasteiger charge is -2.19. The first kappa shape index (κ1) is 15.7. The normalized spacial score (nSPS) is 22.2. The molecule has 0 aromatic heterocycles. The van der Waals surface area contributed by atoms with E-state index in [-0.39, 0.29) is 5.91 Å². The minimum atomic E-state index is -1.09. The fraction of sp³-hybridized carbons (Fsp3) is 0.235. The number of amides is 1. The van der Waals surface area contributed by atoms with Gasteiger partial charge in [0.15, 0.2) is 0 Å². The second-order valence-electron chi connectivity index (χ2n) is 5.52. The van der Waals surface area contributed by atoms with Gasteiger partial charge < -0.3 is 5.32 Å². The maximum atomic E-state index is 12.9. The SMILES string of the molecule is Cc1c(Cl)cccc1NC(=O)[C@@]1(c2ccccc2)CC1(Cl)Cl. The highest BCUT2D eigenvalue weighted by Crippen LogP contribution is 2.65. The summed E-state index contributed by atoms with van der Waals surface area (Å²) < 4.78 is -1.09. The van der Waals surface area contributed by atoms with Crippen LogP contribution in [0.5, 0.6) is 0 Å². The number of hydrogen-bond donors (Lipinski definition) is 1. The van der Waals surface area contributed by atoms with E-state index in [1.54, 1.807) is 12.1 Å². The van der Waals surface area contributed by atoms with E-state index in [9.17, 15) is 4.79 Å². The van der Waals surface area contributed by atoms with Crippen LogP contribution in [-0.4, -0.2) is 10.2 Å². The largest absolute Gasteiger partial charge is 0.325 e. The van der Waals surface area contributed by atoms with Crippen LogP contribution in [0.3, 0.4) is 0 Å². The van der Waals surface area contributed by atoms with E-state index in [0.29, 0.717) is 17.1 Å². The van der Waals surface area contributed by atoms with E-state index in [2.05, 4.69) is 5.32 Å². The van der Waals surface area contributed by atoms with Crippen LogP contribution >= 0.6 is 34.8 Å². The summed E-state index contributed by atoms with van der Waals surface area (Å²) in [5.41, 5.74) is 1.38. The van der Waals surface area contributed by atoms with Gasteiger partial charge in [-0.2, -0.15) is 0 Å². The van der Waals surface area contributed by atoms with Crippen LogP contribution in [0.15, 0.2) is 48.5 Å². The van der Waals surface area contributed by atoms with E-state index >= 15 is 0 Å². The maximum absolute atomic E-state index is 12.9. The van der Waals surface area contributed by atoms with Gasteiger partial charge in [0.05, 0.1) is 0 Å². The van der Waals surface area contributed by atoms with Crippen molar-refractivity contribution < 1.29 is 4.79 Å². The molecule has 0 bridgehead atoms. The Balaban J connectivity index is 1.95. The lowest BCUT2D eigenvalue weighted by Crippen LogP contribution is -2.32. The van der Waals surface area contributed by atoms with Crippen molar-refractivity contribution >= 4 is 46.4 Å². The number of rotatable bonds is 3. The van der Waals surface area contributed by atoms with Gasteiger partial charge in [0.25, 0.3) is 0 Å². The van der Waals surface area contributed by atoms with Gasteiger partial charge in [-0.1, -0.05) is 48.0 Å². The van der Waals surface area contributed by atoms with Gasteiger partial charge in [-0.3, -0.25) is 4.79 Å². The quantitative estimate of drug-likeness (QED) is 0.763. The van der Waals surface area contributed by atoms with Gasteiger partial charge in [-0.15, -0.1) is 23.2 Å². The summed E-state index contributed by atoms with van der Waals surface area (Å²) in [5, 5.41) is 3.52. The van der Waals surface area contributed by atoms with Gasteiger partial charge in [0.2, 0.25) is 5.91 Å². The first-order valence-electron chi connectivity index (χ1n) is 6.88. The third-order valence-electron chi connectivity index (χ3n) is 4.16. The summed E-state index contributed by atoms with van der Waals surface area (Å²) >= 11 is 18.7. The molecule has 1 aliphatic rings. The Bertz CT molecular complexity index is 730. The Morgan fingerprint density at radius 3 is 2.32 bits per heavy atom. The lowest BCUT2D eigenvalue weighted by molar-refractivity contribution is -0.118. The van der Waals surface area contributed by atoms with Gasteiger partial charge in [-0.05, 0) is 30.2 Å². The highest BCUT2D eigenvalue weighted by atomic mass is 35.5. The molecule has 0 radical (unpaired) electrons. The van der Waals surface area contributed by atoms with Crippen molar-refractivity contribution in [3.05, 3.63) is 64.7 Å². The zero-order valence-electron chi connectivity index (χ0n) is 11.9. The summed E-state index contributed by atoms with van der Waals surface area (Å²) in [6.45, 7) is 1.86. The lowest BCUT2D eigenvalue weighted by atomic mass is 9.94. The van der Waals surface area contributed by atoms with E-state index in [1.165, 1.54) is 0 Å². The van der Waals surface area contributed by atoms with Crippen molar-refractivity contribution in [2.45, 2.75) is 23.1 Å². The standard InChI is InChI=1S/C17H14Cl3NO/c1-11-13(18)8-5-9-14(11)21-15(22)16(10-17(16,19)20)12-6-3-2-4-7-12/h2-9H,10H2,1H3,(H,21,22)/t16-/m0/s1. The predicted octanol–water partition coefficient (Wildman–Crippen LogP) is 5.10. The Kier molecular flexibility index (Phi) is 3.88.